The van der Waals surface area contributed by atoms with Gasteiger partial charge in [0.1, 0.15) is 0 Å². The normalized spacial score (nSPS) is 26.7. The van der Waals surface area contributed by atoms with Gasteiger partial charge in [-0.15, -0.1) is 24.0 Å². The zero-order chi connectivity index (χ0) is 15.8. The maximum Gasteiger partial charge on any atom is 0.191 e. The van der Waals surface area contributed by atoms with Crippen LogP contribution in [0.25, 0.3) is 0 Å². The van der Waals surface area contributed by atoms with Gasteiger partial charge in [0.25, 0.3) is 0 Å². The quantitative estimate of drug-likeness (QED) is 0.249. The minimum Gasteiger partial charge on any atom is -0.379 e. The average molecular weight is 461 g/mol. The van der Waals surface area contributed by atoms with Gasteiger partial charge >= 0.3 is 0 Å². The number of aliphatic imine (C=N–C) groups is 1. The molecule has 0 bridgehead atoms. The van der Waals surface area contributed by atoms with Gasteiger partial charge in [-0.1, -0.05) is 0 Å². The summed E-state index contributed by atoms with van der Waals surface area (Å²) in [4.78, 5) is 4.12. The molecule has 136 valence electrons. The minimum absolute atomic E-state index is 0. The number of ether oxygens (including phenoxy) is 2. The van der Waals surface area contributed by atoms with E-state index in [0.717, 1.165) is 32.4 Å². The summed E-state index contributed by atoms with van der Waals surface area (Å²) in [6.45, 7) is 2.95. The lowest BCUT2D eigenvalue weighted by Crippen LogP contribution is -2.44. The molecule has 2 N–H and O–H groups in total. The van der Waals surface area contributed by atoms with Gasteiger partial charge in [-0.3, -0.25) is 4.99 Å². The molecular formula is C14H28IN3O4S. The van der Waals surface area contributed by atoms with Gasteiger partial charge < -0.3 is 20.1 Å². The van der Waals surface area contributed by atoms with Crippen molar-refractivity contribution in [3.05, 3.63) is 0 Å². The van der Waals surface area contributed by atoms with Crippen molar-refractivity contribution in [3.8, 4) is 0 Å². The predicted octanol–water partition coefficient (Wildman–Crippen LogP) is 0.542. The summed E-state index contributed by atoms with van der Waals surface area (Å²) in [7, 11) is -1.18. The Morgan fingerprint density at radius 1 is 1.39 bits per heavy atom. The number of hydrogen-bond acceptors (Lipinski definition) is 5. The van der Waals surface area contributed by atoms with Crippen molar-refractivity contribution >= 4 is 39.8 Å². The zero-order valence-corrected chi connectivity index (χ0v) is 16.8. The topological polar surface area (TPSA) is 89.0 Å². The highest BCUT2D eigenvalue weighted by Crippen LogP contribution is 2.12. The second-order valence-electron chi connectivity index (χ2n) is 5.81. The smallest absolute Gasteiger partial charge is 0.191 e. The standard InChI is InChI=1S/C14H27N3O4S.HI/c1-15-14(17-12-5-9-22(18,19)11-12)16-6-3-7-20-10-13-4-2-8-21-13;/h12-13H,2-11H2,1H3,(H2,15,16,17);1H. The van der Waals surface area contributed by atoms with Crippen molar-refractivity contribution < 1.29 is 17.9 Å². The Hall–Kier alpha value is -0.130. The lowest BCUT2D eigenvalue weighted by Gasteiger charge is -2.16. The van der Waals surface area contributed by atoms with Crippen LogP contribution in [-0.2, 0) is 19.3 Å². The Morgan fingerprint density at radius 2 is 2.22 bits per heavy atom. The van der Waals surface area contributed by atoms with Gasteiger partial charge in [-0.05, 0) is 25.7 Å². The molecule has 0 spiro atoms. The molecule has 0 aromatic carbocycles. The van der Waals surface area contributed by atoms with Crippen molar-refractivity contribution in [1.29, 1.82) is 0 Å². The molecule has 2 rings (SSSR count). The van der Waals surface area contributed by atoms with Crippen LogP contribution in [-0.4, -0.2) is 71.4 Å². The van der Waals surface area contributed by atoms with E-state index in [0.29, 0.717) is 25.6 Å². The molecule has 0 aliphatic carbocycles. The third kappa shape index (κ3) is 7.99. The third-order valence-corrected chi connectivity index (χ3v) is 5.65. The highest BCUT2D eigenvalue weighted by atomic mass is 127. The van der Waals surface area contributed by atoms with Crippen LogP contribution >= 0.6 is 24.0 Å². The van der Waals surface area contributed by atoms with Crippen molar-refractivity contribution in [2.75, 3.05) is 44.9 Å². The van der Waals surface area contributed by atoms with Gasteiger partial charge in [0, 0.05) is 32.8 Å². The number of nitrogens with zero attached hydrogens (tertiary/aromatic N) is 1. The molecule has 0 amide bonds. The fourth-order valence-corrected chi connectivity index (χ4v) is 4.34. The first kappa shape index (κ1) is 20.9. The highest BCUT2D eigenvalue weighted by molar-refractivity contribution is 14.0. The molecule has 2 unspecified atom stereocenters. The fourth-order valence-electron chi connectivity index (χ4n) is 2.67. The van der Waals surface area contributed by atoms with E-state index in [1.165, 1.54) is 0 Å². The Bertz CT molecular complexity index is 467. The minimum atomic E-state index is -2.87. The number of nitrogens with one attached hydrogen (secondary N) is 2. The van der Waals surface area contributed by atoms with E-state index in [4.69, 9.17) is 9.47 Å². The molecule has 0 aromatic rings. The molecule has 9 heteroatoms. The number of rotatable bonds is 7. The van der Waals surface area contributed by atoms with Gasteiger partial charge in [-0.25, -0.2) is 8.42 Å². The van der Waals surface area contributed by atoms with Crippen LogP contribution in [0.15, 0.2) is 4.99 Å². The highest BCUT2D eigenvalue weighted by Gasteiger charge is 2.28. The molecule has 7 nitrogen and oxygen atoms in total. The summed E-state index contributed by atoms with van der Waals surface area (Å²) in [5.74, 6) is 1.11. The molecule has 2 aliphatic heterocycles. The van der Waals surface area contributed by atoms with Crippen LogP contribution in [0.4, 0.5) is 0 Å². The lowest BCUT2D eigenvalue weighted by atomic mass is 10.2. The van der Waals surface area contributed by atoms with Gasteiger partial charge in [0.2, 0.25) is 0 Å². The SMILES string of the molecule is CN=C(NCCCOCC1CCCO1)NC1CCS(=O)(=O)C1.I. The van der Waals surface area contributed by atoms with E-state index in [2.05, 4.69) is 15.6 Å². The number of sulfone groups is 1. The largest absolute Gasteiger partial charge is 0.379 e. The summed E-state index contributed by atoms with van der Waals surface area (Å²) in [5, 5.41) is 6.34. The number of guanidine groups is 1. The summed E-state index contributed by atoms with van der Waals surface area (Å²) in [5.41, 5.74) is 0. The maximum atomic E-state index is 11.4. The van der Waals surface area contributed by atoms with Gasteiger partial charge in [0.15, 0.2) is 15.8 Å². The molecule has 0 aromatic heterocycles. The molecule has 23 heavy (non-hydrogen) atoms. The van der Waals surface area contributed by atoms with Crippen molar-refractivity contribution in [2.24, 2.45) is 4.99 Å². The molecule has 0 saturated carbocycles. The Morgan fingerprint density at radius 3 is 2.83 bits per heavy atom. The summed E-state index contributed by atoms with van der Waals surface area (Å²) in [6.07, 6.45) is 4.02. The fraction of sp³-hybridized carbons (Fsp3) is 0.929. The molecule has 2 saturated heterocycles. The molecule has 2 atom stereocenters. The first-order chi connectivity index (χ1) is 10.6. The Kier molecular flexibility index (Phi) is 9.71. The molecule has 2 aliphatic rings. The van der Waals surface area contributed by atoms with Crippen molar-refractivity contribution in [2.45, 2.75) is 37.8 Å². The first-order valence-electron chi connectivity index (χ1n) is 7.96. The van der Waals surface area contributed by atoms with Crippen molar-refractivity contribution in [3.63, 3.8) is 0 Å². The molecule has 2 fully saturated rings. The van der Waals surface area contributed by atoms with E-state index in [-0.39, 0.29) is 47.6 Å². The van der Waals surface area contributed by atoms with E-state index < -0.39 is 9.84 Å². The van der Waals surface area contributed by atoms with Gasteiger partial charge in [0.05, 0.1) is 24.2 Å². The Balaban J connectivity index is 0.00000264. The van der Waals surface area contributed by atoms with E-state index in [9.17, 15) is 8.42 Å². The number of hydrogen-bond donors (Lipinski definition) is 2. The van der Waals surface area contributed by atoms with E-state index in [1.807, 2.05) is 0 Å². The average Bonchev–Trinajstić information content (AvgIpc) is 3.10. The lowest BCUT2D eigenvalue weighted by molar-refractivity contribution is 0.0168. The maximum absolute atomic E-state index is 11.4. The van der Waals surface area contributed by atoms with Crippen LogP contribution in [0.1, 0.15) is 25.7 Å². The molecule has 0 radical (unpaired) electrons. The molecule has 2 heterocycles. The van der Waals surface area contributed by atoms with Crippen LogP contribution in [0, 0.1) is 0 Å². The monoisotopic (exact) mass is 461 g/mol. The Labute approximate surface area is 155 Å². The van der Waals surface area contributed by atoms with Crippen LogP contribution in [0.3, 0.4) is 0 Å². The summed E-state index contributed by atoms with van der Waals surface area (Å²) in [6, 6.07) is -0.0352. The summed E-state index contributed by atoms with van der Waals surface area (Å²) >= 11 is 0. The van der Waals surface area contributed by atoms with E-state index in [1.54, 1.807) is 7.05 Å². The van der Waals surface area contributed by atoms with Gasteiger partial charge in [-0.2, -0.15) is 0 Å². The summed E-state index contributed by atoms with van der Waals surface area (Å²) < 4.78 is 33.9. The second-order valence-corrected chi connectivity index (χ2v) is 8.04. The number of halogens is 1. The van der Waals surface area contributed by atoms with E-state index >= 15 is 0 Å². The molecular weight excluding hydrogens is 433 g/mol. The van der Waals surface area contributed by atoms with Crippen LogP contribution < -0.4 is 10.6 Å². The van der Waals surface area contributed by atoms with Crippen LogP contribution in [0.5, 0.6) is 0 Å². The predicted molar refractivity (Wildman–Crippen MR) is 101 cm³/mol. The zero-order valence-electron chi connectivity index (χ0n) is 13.6. The first-order valence-corrected chi connectivity index (χ1v) is 9.78. The van der Waals surface area contributed by atoms with Crippen molar-refractivity contribution in [1.82, 2.24) is 10.6 Å². The third-order valence-electron chi connectivity index (χ3n) is 3.88. The van der Waals surface area contributed by atoms with Crippen LogP contribution in [0.2, 0.25) is 0 Å². The second kappa shape index (κ2) is 10.7.